The molecule has 4 nitrogen and oxygen atoms in total. The highest BCUT2D eigenvalue weighted by Crippen LogP contribution is 2.52. The van der Waals surface area contributed by atoms with Gasteiger partial charge in [-0.05, 0) is 42.9 Å². The van der Waals surface area contributed by atoms with E-state index >= 15 is 0 Å². The van der Waals surface area contributed by atoms with E-state index in [-0.39, 0.29) is 35.4 Å². The van der Waals surface area contributed by atoms with Crippen LogP contribution in [0.15, 0.2) is 24.3 Å². The van der Waals surface area contributed by atoms with Crippen LogP contribution in [-0.2, 0) is 20.8 Å². The van der Waals surface area contributed by atoms with E-state index in [0.29, 0.717) is 12.1 Å². The number of hydrogen-bond acceptors (Lipinski definition) is 3. The fraction of sp³-hybridized carbons (Fsp3) is 0.526. The van der Waals surface area contributed by atoms with E-state index in [1.807, 2.05) is 24.3 Å². The van der Waals surface area contributed by atoms with Gasteiger partial charge in [-0.2, -0.15) is 0 Å². The zero-order valence-electron chi connectivity index (χ0n) is 13.3. The summed E-state index contributed by atoms with van der Waals surface area (Å²) in [5.41, 5.74) is 1.86. The minimum Gasteiger partial charge on any atom is -0.299 e. The highest BCUT2D eigenvalue weighted by molar-refractivity contribution is 6.23. The Morgan fingerprint density at radius 2 is 1.70 bits per heavy atom. The molecule has 1 saturated heterocycles. The maximum absolute atomic E-state index is 12.9. The fourth-order valence-electron chi connectivity index (χ4n) is 4.74. The van der Waals surface area contributed by atoms with Crippen molar-refractivity contribution < 1.29 is 14.4 Å². The summed E-state index contributed by atoms with van der Waals surface area (Å²) in [6.07, 6.45) is 4.21. The van der Waals surface area contributed by atoms with Crippen LogP contribution in [0.25, 0.3) is 0 Å². The molecule has 4 aliphatic rings. The number of hydrogen-bond donors (Lipinski definition) is 0. The van der Waals surface area contributed by atoms with Crippen molar-refractivity contribution in [1.29, 1.82) is 0 Å². The van der Waals surface area contributed by atoms with Gasteiger partial charge in [0, 0.05) is 12.3 Å². The summed E-state index contributed by atoms with van der Waals surface area (Å²) in [4.78, 5) is 39.2. The normalized spacial score (nSPS) is 32.6. The number of nitrogens with zero attached hydrogens (tertiary/aromatic N) is 1. The van der Waals surface area contributed by atoms with Gasteiger partial charge in [0.1, 0.15) is 5.78 Å². The monoisotopic (exact) mass is 311 g/mol. The van der Waals surface area contributed by atoms with E-state index in [1.165, 1.54) is 10.5 Å². The predicted octanol–water partition coefficient (Wildman–Crippen LogP) is 2.74. The number of imide groups is 1. The van der Waals surface area contributed by atoms with Crippen LogP contribution in [0.3, 0.4) is 0 Å². The van der Waals surface area contributed by atoms with E-state index in [0.717, 1.165) is 25.7 Å². The Kier molecular flexibility index (Phi) is 3.36. The minimum atomic E-state index is -0.405. The lowest BCUT2D eigenvalue weighted by molar-refractivity contribution is -0.143. The van der Waals surface area contributed by atoms with E-state index in [9.17, 15) is 14.4 Å². The SMILES string of the molecule is CCCc1ccc(N2C(=O)C3[C@H]4CC[C@H](C(=O)C4)[C@@H]3C2=O)cc1. The van der Waals surface area contributed by atoms with Crippen molar-refractivity contribution >= 4 is 23.3 Å². The molecule has 0 aromatic heterocycles. The van der Waals surface area contributed by atoms with Crippen molar-refractivity contribution in [3.63, 3.8) is 0 Å². The van der Waals surface area contributed by atoms with Gasteiger partial charge in [-0.1, -0.05) is 25.5 Å². The van der Waals surface area contributed by atoms with Crippen LogP contribution in [-0.4, -0.2) is 17.6 Å². The second-order valence-corrected chi connectivity index (χ2v) is 7.09. The van der Waals surface area contributed by atoms with Crippen molar-refractivity contribution in [3.05, 3.63) is 29.8 Å². The van der Waals surface area contributed by atoms with Crippen LogP contribution in [0.2, 0.25) is 0 Å². The second-order valence-electron chi connectivity index (χ2n) is 7.09. The van der Waals surface area contributed by atoms with Gasteiger partial charge in [-0.25, -0.2) is 0 Å². The molecule has 4 fully saturated rings. The van der Waals surface area contributed by atoms with Crippen LogP contribution in [0.5, 0.6) is 0 Å². The summed E-state index contributed by atoms with van der Waals surface area (Å²) in [7, 11) is 0. The highest BCUT2D eigenvalue weighted by atomic mass is 16.2. The number of anilines is 1. The van der Waals surface area contributed by atoms with Gasteiger partial charge in [-0.3, -0.25) is 19.3 Å². The van der Waals surface area contributed by atoms with Gasteiger partial charge in [-0.15, -0.1) is 0 Å². The lowest BCUT2D eigenvalue weighted by atomic mass is 9.59. The van der Waals surface area contributed by atoms with Crippen LogP contribution < -0.4 is 4.90 Å². The molecule has 23 heavy (non-hydrogen) atoms. The number of benzene rings is 1. The zero-order chi connectivity index (χ0) is 16.1. The molecule has 2 bridgehead atoms. The first-order chi connectivity index (χ1) is 11.1. The molecular weight excluding hydrogens is 290 g/mol. The average Bonchev–Trinajstić information content (AvgIpc) is 2.82. The first kappa shape index (κ1) is 14.6. The molecule has 0 spiro atoms. The molecule has 2 amide bonds. The molecule has 5 rings (SSSR count). The third-order valence-corrected chi connectivity index (χ3v) is 5.80. The Morgan fingerprint density at radius 3 is 2.35 bits per heavy atom. The summed E-state index contributed by atoms with van der Waals surface area (Å²) in [6, 6.07) is 7.70. The molecule has 4 atom stereocenters. The molecule has 0 N–H and O–H groups in total. The number of rotatable bonds is 3. The number of fused-ring (bicyclic) bond motifs is 2. The lowest BCUT2D eigenvalue weighted by Crippen LogP contribution is -2.46. The van der Waals surface area contributed by atoms with Gasteiger partial charge in [0.15, 0.2) is 0 Å². The Morgan fingerprint density at radius 1 is 1.00 bits per heavy atom. The summed E-state index contributed by atoms with van der Waals surface area (Å²) in [6.45, 7) is 2.12. The summed E-state index contributed by atoms with van der Waals surface area (Å²) in [5, 5.41) is 0. The first-order valence-electron chi connectivity index (χ1n) is 8.61. The minimum absolute atomic E-state index is 0.0679. The number of carbonyl (C=O) groups is 3. The van der Waals surface area contributed by atoms with Crippen LogP contribution in [0.4, 0.5) is 5.69 Å². The summed E-state index contributed by atoms with van der Waals surface area (Å²) in [5.74, 6) is -0.906. The summed E-state index contributed by atoms with van der Waals surface area (Å²) >= 11 is 0. The van der Waals surface area contributed by atoms with E-state index in [1.54, 1.807) is 0 Å². The van der Waals surface area contributed by atoms with Crippen molar-refractivity contribution in [2.24, 2.45) is 23.7 Å². The second kappa shape index (κ2) is 5.29. The predicted molar refractivity (Wildman–Crippen MR) is 85.7 cm³/mol. The van der Waals surface area contributed by atoms with Crippen molar-refractivity contribution in [2.45, 2.75) is 39.0 Å². The zero-order valence-corrected chi connectivity index (χ0v) is 13.3. The van der Waals surface area contributed by atoms with Gasteiger partial charge in [0.25, 0.3) is 0 Å². The van der Waals surface area contributed by atoms with Gasteiger partial charge in [0.05, 0.1) is 17.5 Å². The lowest BCUT2D eigenvalue weighted by Gasteiger charge is -2.41. The molecule has 1 heterocycles. The first-order valence-corrected chi connectivity index (χ1v) is 8.61. The Bertz CT molecular complexity index is 678. The quantitative estimate of drug-likeness (QED) is 0.807. The van der Waals surface area contributed by atoms with Crippen LogP contribution in [0, 0.1) is 23.7 Å². The van der Waals surface area contributed by atoms with Gasteiger partial charge >= 0.3 is 0 Å². The van der Waals surface area contributed by atoms with Gasteiger partial charge < -0.3 is 0 Å². The maximum Gasteiger partial charge on any atom is 0.238 e. The largest absolute Gasteiger partial charge is 0.299 e. The van der Waals surface area contributed by atoms with E-state index in [2.05, 4.69) is 6.92 Å². The number of Topliss-reactive ketones (excluding diaryl/α,β-unsaturated/α-hetero) is 1. The van der Waals surface area contributed by atoms with Crippen LogP contribution >= 0.6 is 0 Å². The molecule has 1 unspecified atom stereocenters. The topological polar surface area (TPSA) is 54.5 Å². The highest BCUT2D eigenvalue weighted by Gasteiger charge is 2.60. The number of ketones is 1. The number of carbonyl (C=O) groups excluding carboxylic acids is 3. The fourth-order valence-corrected chi connectivity index (χ4v) is 4.74. The molecule has 4 heteroatoms. The molecule has 1 aromatic rings. The maximum atomic E-state index is 12.9. The molecule has 120 valence electrons. The van der Waals surface area contributed by atoms with Crippen molar-refractivity contribution in [2.75, 3.05) is 4.90 Å². The van der Waals surface area contributed by atoms with Crippen molar-refractivity contribution in [3.8, 4) is 0 Å². The number of aryl methyl sites for hydroxylation is 1. The van der Waals surface area contributed by atoms with E-state index < -0.39 is 5.92 Å². The molecular formula is C19H21NO3. The standard InChI is InChI=1S/C19H21NO3/c1-2-3-11-4-7-13(8-5-11)20-18(22)16-12-6-9-14(15(21)10-12)17(16)19(20)23/h4-5,7-8,12,14,16-17H,2-3,6,9-10H2,1H3/t12-,14+,16?,17-/m0/s1. The average molecular weight is 311 g/mol. The molecule has 1 aromatic carbocycles. The van der Waals surface area contributed by atoms with E-state index in [4.69, 9.17) is 0 Å². The Balaban J connectivity index is 1.67. The molecule has 1 aliphatic heterocycles. The number of amides is 2. The Hall–Kier alpha value is -1.97. The Labute approximate surface area is 135 Å². The van der Waals surface area contributed by atoms with Crippen molar-refractivity contribution in [1.82, 2.24) is 0 Å². The molecule has 3 saturated carbocycles. The van der Waals surface area contributed by atoms with Gasteiger partial charge in [0.2, 0.25) is 11.8 Å². The smallest absolute Gasteiger partial charge is 0.238 e. The third kappa shape index (κ3) is 2.07. The van der Waals surface area contributed by atoms with Crippen LogP contribution in [0.1, 0.15) is 38.2 Å². The molecule has 0 radical (unpaired) electrons. The summed E-state index contributed by atoms with van der Waals surface area (Å²) < 4.78 is 0. The molecule has 3 aliphatic carbocycles. The third-order valence-electron chi connectivity index (χ3n) is 5.80.